The van der Waals surface area contributed by atoms with E-state index in [9.17, 15) is 4.79 Å². The van der Waals surface area contributed by atoms with Crippen LogP contribution in [-0.2, 0) is 4.79 Å². The van der Waals surface area contributed by atoms with Crippen molar-refractivity contribution in [1.29, 1.82) is 0 Å². The molecule has 0 heterocycles. The lowest BCUT2D eigenvalue weighted by Gasteiger charge is -2.10. The first-order valence-corrected chi connectivity index (χ1v) is 6.98. The van der Waals surface area contributed by atoms with Crippen molar-refractivity contribution in [3.63, 3.8) is 0 Å². The number of benzene rings is 2. The van der Waals surface area contributed by atoms with Gasteiger partial charge < -0.3 is 16.4 Å². The maximum atomic E-state index is 11.1. The second-order valence-corrected chi connectivity index (χ2v) is 5.29. The van der Waals surface area contributed by atoms with Gasteiger partial charge in [-0.25, -0.2) is 0 Å². The highest BCUT2D eigenvalue weighted by atomic mass is 35.5. The van der Waals surface area contributed by atoms with E-state index in [1.54, 1.807) is 12.1 Å². The van der Waals surface area contributed by atoms with Gasteiger partial charge in [0.2, 0.25) is 5.91 Å². The molecule has 0 aliphatic heterocycles. The minimum Gasteiger partial charge on any atom is -0.389 e. The van der Waals surface area contributed by atoms with Crippen molar-refractivity contribution in [2.45, 2.75) is 6.92 Å². The first-order valence-electron chi connectivity index (χ1n) is 6.20. The number of carbonyl (C=O) groups excluding carboxylic acids is 1. The molecule has 0 spiro atoms. The molecule has 0 fully saturated rings. The minimum absolute atomic E-state index is 0.115. The van der Waals surface area contributed by atoms with Crippen molar-refractivity contribution in [1.82, 2.24) is 0 Å². The summed E-state index contributed by atoms with van der Waals surface area (Å²) in [5.41, 5.74) is 8.57. The van der Waals surface area contributed by atoms with Gasteiger partial charge in [-0.15, -0.1) is 0 Å². The molecule has 0 atom stereocenters. The van der Waals surface area contributed by atoms with Crippen molar-refractivity contribution in [3.05, 3.63) is 53.1 Å². The third-order valence-corrected chi connectivity index (χ3v) is 3.24. The molecule has 0 unspecified atom stereocenters. The smallest absolute Gasteiger partial charge is 0.221 e. The van der Waals surface area contributed by atoms with Gasteiger partial charge in [-0.1, -0.05) is 29.9 Å². The molecule has 1 amide bonds. The van der Waals surface area contributed by atoms with Gasteiger partial charge >= 0.3 is 0 Å². The Hall–Kier alpha value is -2.11. The molecule has 0 aromatic heterocycles. The van der Waals surface area contributed by atoms with Crippen LogP contribution in [0.15, 0.2) is 42.5 Å². The standard InChI is InChI=1S/C15H14ClN3OS/c1-9(20)18-10-3-2-4-11(7-10)19-12-5-6-13(15(17)21)14(16)8-12/h2-8,19H,1H3,(H2,17,21)(H,18,20). The number of anilines is 3. The van der Waals surface area contributed by atoms with Crippen molar-refractivity contribution in [2.24, 2.45) is 5.73 Å². The number of halogens is 1. The molecule has 0 saturated heterocycles. The molecule has 0 radical (unpaired) electrons. The lowest BCUT2D eigenvalue weighted by molar-refractivity contribution is -0.114. The van der Waals surface area contributed by atoms with Gasteiger partial charge in [-0.3, -0.25) is 4.79 Å². The summed E-state index contributed by atoms with van der Waals surface area (Å²) in [6, 6.07) is 12.7. The average molecular weight is 320 g/mol. The Labute approximate surface area is 133 Å². The van der Waals surface area contributed by atoms with Crippen LogP contribution < -0.4 is 16.4 Å². The maximum Gasteiger partial charge on any atom is 0.221 e. The number of rotatable bonds is 4. The number of hydrogen-bond acceptors (Lipinski definition) is 3. The molecule has 21 heavy (non-hydrogen) atoms. The van der Waals surface area contributed by atoms with E-state index in [2.05, 4.69) is 10.6 Å². The Morgan fingerprint density at radius 2 is 1.81 bits per heavy atom. The molecule has 0 saturated carbocycles. The topological polar surface area (TPSA) is 67.2 Å². The molecule has 4 nitrogen and oxygen atoms in total. The number of thiocarbonyl (C=S) groups is 1. The van der Waals surface area contributed by atoms with Crippen LogP contribution in [0.3, 0.4) is 0 Å². The minimum atomic E-state index is -0.115. The van der Waals surface area contributed by atoms with E-state index >= 15 is 0 Å². The molecule has 0 bridgehead atoms. The summed E-state index contributed by atoms with van der Waals surface area (Å²) in [4.78, 5) is 11.3. The van der Waals surface area contributed by atoms with Gasteiger partial charge in [-0.2, -0.15) is 0 Å². The summed E-state index contributed by atoms with van der Waals surface area (Å²) in [6.45, 7) is 1.47. The van der Waals surface area contributed by atoms with Crippen molar-refractivity contribution < 1.29 is 4.79 Å². The van der Waals surface area contributed by atoms with E-state index in [4.69, 9.17) is 29.6 Å². The van der Waals surface area contributed by atoms with Crippen LogP contribution in [0.2, 0.25) is 5.02 Å². The van der Waals surface area contributed by atoms with Crippen LogP contribution in [0.25, 0.3) is 0 Å². The number of carbonyl (C=O) groups is 1. The Kier molecular flexibility index (Phi) is 4.77. The van der Waals surface area contributed by atoms with E-state index in [1.165, 1.54) is 6.92 Å². The van der Waals surface area contributed by atoms with Crippen LogP contribution in [0.5, 0.6) is 0 Å². The molecular weight excluding hydrogens is 306 g/mol. The summed E-state index contributed by atoms with van der Waals surface area (Å²) in [7, 11) is 0. The number of amides is 1. The van der Waals surface area contributed by atoms with Gasteiger partial charge in [0.15, 0.2) is 0 Å². The SMILES string of the molecule is CC(=O)Nc1cccc(Nc2ccc(C(N)=S)c(Cl)c2)c1. The van der Waals surface area contributed by atoms with E-state index < -0.39 is 0 Å². The Morgan fingerprint density at radius 3 is 2.43 bits per heavy atom. The predicted octanol–water partition coefficient (Wildman–Crippen LogP) is 3.68. The van der Waals surface area contributed by atoms with Crippen molar-refractivity contribution >= 4 is 51.8 Å². The summed E-state index contributed by atoms with van der Waals surface area (Å²) in [5, 5.41) is 6.42. The molecule has 4 N–H and O–H groups in total. The first-order chi connectivity index (χ1) is 9.95. The van der Waals surface area contributed by atoms with E-state index in [0.717, 1.165) is 17.1 Å². The fraction of sp³-hybridized carbons (Fsp3) is 0.0667. The highest BCUT2D eigenvalue weighted by molar-refractivity contribution is 7.80. The van der Waals surface area contributed by atoms with E-state index in [0.29, 0.717) is 10.6 Å². The van der Waals surface area contributed by atoms with Crippen molar-refractivity contribution in [3.8, 4) is 0 Å². The van der Waals surface area contributed by atoms with Gasteiger partial charge in [0, 0.05) is 29.5 Å². The molecule has 2 aromatic carbocycles. The lowest BCUT2D eigenvalue weighted by atomic mass is 10.2. The number of hydrogen-bond donors (Lipinski definition) is 3. The second-order valence-electron chi connectivity index (χ2n) is 4.45. The van der Waals surface area contributed by atoms with Crippen LogP contribution in [0.4, 0.5) is 17.1 Å². The fourth-order valence-corrected chi connectivity index (χ4v) is 2.35. The molecule has 108 valence electrons. The van der Waals surface area contributed by atoms with Gasteiger partial charge in [-0.05, 0) is 36.4 Å². The monoisotopic (exact) mass is 319 g/mol. The maximum absolute atomic E-state index is 11.1. The third-order valence-electron chi connectivity index (χ3n) is 2.71. The van der Waals surface area contributed by atoms with Gasteiger partial charge in [0.1, 0.15) is 4.99 Å². The van der Waals surface area contributed by atoms with Crippen LogP contribution in [-0.4, -0.2) is 10.9 Å². The molecule has 2 aromatic rings. The third kappa shape index (κ3) is 4.18. The molecule has 0 aliphatic rings. The zero-order valence-corrected chi connectivity index (χ0v) is 12.9. The van der Waals surface area contributed by atoms with E-state index in [-0.39, 0.29) is 10.9 Å². The Balaban J connectivity index is 2.20. The molecule has 2 rings (SSSR count). The lowest BCUT2D eigenvalue weighted by Crippen LogP contribution is -2.10. The first kappa shape index (κ1) is 15.3. The quantitative estimate of drug-likeness (QED) is 0.752. The molecule has 0 aliphatic carbocycles. The van der Waals surface area contributed by atoms with Crippen LogP contribution in [0.1, 0.15) is 12.5 Å². The van der Waals surface area contributed by atoms with E-state index in [1.807, 2.05) is 30.3 Å². The summed E-state index contributed by atoms with van der Waals surface area (Å²) in [6.07, 6.45) is 0. The highest BCUT2D eigenvalue weighted by Gasteiger charge is 2.05. The number of nitrogens with one attached hydrogen (secondary N) is 2. The average Bonchev–Trinajstić information content (AvgIpc) is 2.37. The Bertz CT molecular complexity index is 703. The second kappa shape index (κ2) is 6.56. The largest absolute Gasteiger partial charge is 0.389 e. The van der Waals surface area contributed by atoms with Crippen molar-refractivity contribution in [2.75, 3.05) is 10.6 Å². The van der Waals surface area contributed by atoms with Crippen LogP contribution in [0, 0.1) is 0 Å². The summed E-state index contributed by atoms with van der Waals surface area (Å²) < 4.78 is 0. The van der Waals surface area contributed by atoms with Gasteiger partial charge in [0.05, 0.1) is 5.02 Å². The normalized spacial score (nSPS) is 10.0. The molecular formula is C15H14ClN3OS. The van der Waals surface area contributed by atoms with Crippen LogP contribution >= 0.6 is 23.8 Å². The summed E-state index contributed by atoms with van der Waals surface area (Å²) >= 11 is 11.0. The highest BCUT2D eigenvalue weighted by Crippen LogP contribution is 2.25. The molecule has 6 heteroatoms. The number of nitrogens with two attached hydrogens (primary N) is 1. The predicted molar refractivity (Wildman–Crippen MR) is 91.4 cm³/mol. The Morgan fingerprint density at radius 1 is 1.14 bits per heavy atom. The zero-order valence-electron chi connectivity index (χ0n) is 11.3. The zero-order chi connectivity index (χ0) is 15.4. The van der Waals surface area contributed by atoms with Gasteiger partial charge in [0.25, 0.3) is 0 Å². The fourth-order valence-electron chi connectivity index (χ4n) is 1.84. The summed E-state index contributed by atoms with van der Waals surface area (Å²) in [5.74, 6) is -0.115.